The molecule has 0 bridgehead atoms. The molecule has 240 valence electrons. The first-order valence-electron chi connectivity index (χ1n) is 15.4. The minimum atomic E-state index is -1.13. The second-order valence-corrected chi connectivity index (χ2v) is 11.1. The van der Waals surface area contributed by atoms with E-state index in [1.54, 1.807) is 40.0 Å². The van der Waals surface area contributed by atoms with Crippen LogP contribution in [0.4, 0.5) is 0 Å². The van der Waals surface area contributed by atoms with Crippen molar-refractivity contribution in [2.45, 2.75) is 45.6 Å². The zero-order valence-corrected chi connectivity index (χ0v) is 26.8. The average Bonchev–Trinajstić information content (AvgIpc) is 3.07. The van der Waals surface area contributed by atoms with Crippen LogP contribution in [0.15, 0.2) is 95.3 Å². The number of dihydropyridines is 1. The summed E-state index contributed by atoms with van der Waals surface area (Å²) in [5, 5.41) is 3.33. The zero-order chi connectivity index (χ0) is 32.8. The highest BCUT2D eigenvalue weighted by atomic mass is 16.5. The second kappa shape index (κ2) is 14.4. The van der Waals surface area contributed by atoms with Crippen molar-refractivity contribution in [3.8, 4) is 17.2 Å². The molecule has 1 N–H and O–H groups in total. The molecule has 0 unspecified atom stereocenters. The maximum Gasteiger partial charge on any atom is 0.336 e. The maximum absolute atomic E-state index is 14.7. The third kappa shape index (κ3) is 6.49. The molecule has 1 aliphatic heterocycles. The van der Waals surface area contributed by atoms with Crippen LogP contribution in [-0.4, -0.2) is 45.2 Å². The predicted molar refractivity (Wildman–Crippen MR) is 171 cm³/mol. The molecule has 0 radical (unpaired) electrons. The predicted octanol–water partition coefficient (Wildman–Crippen LogP) is 6.00. The first kappa shape index (κ1) is 32.3. The van der Waals surface area contributed by atoms with Gasteiger partial charge in [0, 0.05) is 28.8 Å². The van der Waals surface area contributed by atoms with Crippen LogP contribution < -0.4 is 19.5 Å². The Balaban J connectivity index is 1.62. The average molecular weight is 626 g/mol. The number of esters is 2. The number of nitrogens with one attached hydrogen (secondary N) is 1. The quantitative estimate of drug-likeness (QED) is 0.203. The molecule has 2 aliphatic rings. The summed E-state index contributed by atoms with van der Waals surface area (Å²) in [4.78, 5) is 41.7. The van der Waals surface area contributed by atoms with E-state index in [-0.39, 0.29) is 18.8 Å². The molecule has 0 aromatic heterocycles. The van der Waals surface area contributed by atoms with Crippen molar-refractivity contribution < 1.29 is 38.1 Å². The summed E-state index contributed by atoms with van der Waals surface area (Å²) in [6.45, 7) is 5.83. The first-order valence-corrected chi connectivity index (χ1v) is 15.4. The molecule has 0 saturated heterocycles. The summed E-state index contributed by atoms with van der Waals surface area (Å²) in [7, 11) is 3.11. The molecular weight excluding hydrogens is 586 g/mol. The van der Waals surface area contributed by atoms with Gasteiger partial charge in [-0.15, -0.1) is 0 Å². The lowest BCUT2D eigenvalue weighted by Crippen LogP contribution is -2.43. The molecule has 5 rings (SSSR count). The molecule has 0 amide bonds. The SMILES string of the molecule is CCOC(=O)C1=C(C)NC2=C(C(=O)[C@H](C(=O)OCC)[C@H](c3cccc(OC)c3)C2)[C@H]1c1ccc(OCc2ccccc2)c(OC)c1. The fraction of sp³-hybridized carbons (Fsp3) is 0.324. The van der Waals surface area contributed by atoms with Crippen molar-refractivity contribution >= 4 is 17.7 Å². The van der Waals surface area contributed by atoms with Gasteiger partial charge in [0.15, 0.2) is 17.3 Å². The molecule has 1 heterocycles. The number of hydrogen-bond donors (Lipinski definition) is 1. The number of carbonyl (C=O) groups is 3. The highest BCUT2D eigenvalue weighted by Gasteiger charge is 2.49. The van der Waals surface area contributed by atoms with Crippen LogP contribution >= 0.6 is 0 Å². The van der Waals surface area contributed by atoms with Crippen LogP contribution in [0.5, 0.6) is 17.2 Å². The van der Waals surface area contributed by atoms with E-state index in [0.717, 1.165) is 11.1 Å². The van der Waals surface area contributed by atoms with E-state index < -0.39 is 35.5 Å². The number of allylic oxidation sites excluding steroid dienone is 3. The van der Waals surface area contributed by atoms with E-state index in [1.807, 2.05) is 60.7 Å². The number of Topliss-reactive ketones (excluding diaryl/α,β-unsaturated/α-hetero) is 1. The standard InChI is InChI=1S/C37H39NO8/c1-6-44-36(40)31-22(3)38-28-20-27(24-14-11-15-26(18-24)42-4)33(37(41)45-7-2)35(39)34(28)32(31)25-16-17-29(30(19-25)43-5)46-21-23-12-9-8-10-13-23/h8-19,27,32-33,38H,6-7,20-21H2,1-5H3/t27-,32-,33+/m0/s1. The van der Waals surface area contributed by atoms with Crippen molar-refractivity contribution in [3.63, 3.8) is 0 Å². The Bertz CT molecular complexity index is 1680. The number of rotatable bonds is 11. The Labute approximate surface area is 269 Å². The van der Waals surface area contributed by atoms with Crippen molar-refractivity contribution in [3.05, 3.63) is 112 Å². The topological polar surface area (TPSA) is 109 Å². The smallest absolute Gasteiger partial charge is 0.336 e. The molecule has 9 nitrogen and oxygen atoms in total. The summed E-state index contributed by atoms with van der Waals surface area (Å²) in [6, 6.07) is 22.5. The van der Waals surface area contributed by atoms with E-state index >= 15 is 0 Å². The molecule has 3 aromatic carbocycles. The molecule has 3 aromatic rings. The summed E-state index contributed by atoms with van der Waals surface area (Å²) in [5.74, 6) is -2.50. The van der Waals surface area contributed by atoms with Gasteiger partial charge in [-0.05, 0) is 68.1 Å². The van der Waals surface area contributed by atoms with Gasteiger partial charge in [0.1, 0.15) is 18.3 Å². The van der Waals surface area contributed by atoms with Crippen molar-refractivity contribution in [1.29, 1.82) is 0 Å². The van der Waals surface area contributed by atoms with E-state index in [0.29, 0.717) is 52.8 Å². The van der Waals surface area contributed by atoms with Crippen LogP contribution in [-0.2, 0) is 30.5 Å². The van der Waals surface area contributed by atoms with Crippen LogP contribution in [0, 0.1) is 5.92 Å². The van der Waals surface area contributed by atoms with E-state index in [9.17, 15) is 14.4 Å². The van der Waals surface area contributed by atoms with Crippen LogP contribution in [0.2, 0.25) is 0 Å². The summed E-state index contributed by atoms with van der Waals surface area (Å²) >= 11 is 0. The monoisotopic (exact) mass is 625 g/mol. The Kier molecular flexibility index (Phi) is 10.1. The van der Waals surface area contributed by atoms with Gasteiger partial charge in [-0.1, -0.05) is 48.5 Å². The number of carbonyl (C=O) groups excluding carboxylic acids is 3. The van der Waals surface area contributed by atoms with Gasteiger partial charge in [0.25, 0.3) is 0 Å². The summed E-state index contributed by atoms with van der Waals surface area (Å²) < 4.78 is 28.2. The zero-order valence-electron chi connectivity index (χ0n) is 26.8. The van der Waals surface area contributed by atoms with E-state index in [1.165, 1.54) is 7.11 Å². The van der Waals surface area contributed by atoms with E-state index in [4.69, 9.17) is 23.7 Å². The van der Waals surface area contributed by atoms with Crippen molar-refractivity contribution in [1.82, 2.24) is 5.32 Å². The lowest BCUT2D eigenvalue weighted by Gasteiger charge is -2.39. The molecule has 3 atom stereocenters. The molecule has 1 aliphatic carbocycles. The fourth-order valence-corrected chi connectivity index (χ4v) is 6.25. The highest BCUT2D eigenvalue weighted by molar-refractivity contribution is 6.13. The molecule has 0 fully saturated rings. The van der Waals surface area contributed by atoms with E-state index in [2.05, 4.69) is 5.32 Å². The van der Waals surface area contributed by atoms with Gasteiger partial charge >= 0.3 is 11.9 Å². The third-order valence-electron chi connectivity index (χ3n) is 8.34. The lowest BCUT2D eigenvalue weighted by atomic mass is 9.67. The van der Waals surface area contributed by atoms with Gasteiger partial charge in [0.05, 0.1) is 33.0 Å². The maximum atomic E-state index is 14.7. The number of methoxy groups -OCH3 is 2. The first-order chi connectivity index (χ1) is 22.3. The Morgan fingerprint density at radius 2 is 1.61 bits per heavy atom. The second-order valence-electron chi connectivity index (χ2n) is 11.1. The summed E-state index contributed by atoms with van der Waals surface area (Å²) in [5.41, 5.74) is 4.20. The van der Waals surface area contributed by atoms with Gasteiger partial charge in [-0.2, -0.15) is 0 Å². The lowest BCUT2D eigenvalue weighted by molar-refractivity contribution is -0.152. The molecule has 9 heteroatoms. The minimum absolute atomic E-state index is 0.121. The van der Waals surface area contributed by atoms with Crippen molar-refractivity contribution in [2.75, 3.05) is 27.4 Å². The molecule has 0 spiro atoms. The largest absolute Gasteiger partial charge is 0.497 e. The third-order valence-corrected chi connectivity index (χ3v) is 8.34. The van der Waals surface area contributed by atoms with Gasteiger partial charge in [-0.3, -0.25) is 9.59 Å². The number of hydrogen-bond acceptors (Lipinski definition) is 9. The highest BCUT2D eigenvalue weighted by Crippen LogP contribution is 2.49. The Morgan fingerprint density at radius 1 is 0.848 bits per heavy atom. The number of benzene rings is 3. The number of ether oxygens (including phenoxy) is 5. The Hall–Kier alpha value is -5.05. The molecule has 0 saturated carbocycles. The number of ketones is 1. The van der Waals surface area contributed by atoms with Gasteiger partial charge in [0.2, 0.25) is 0 Å². The van der Waals surface area contributed by atoms with Gasteiger partial charge in [-0.25, -0.2) is 4.79 Å². The van der Waals surface area contributed by atoms with Gasteiger partial charge < -0.3 is 29.0 Å². The minimum Gasteiger partial charge on any atom is -0.497 e. The van der Waals surface area contributed by atoms with Crippen LogP contribution in [0.3, 0.4) is 0 Å². The molecule has 46 heavy (non-hydrogen) atoms. The van der Waals surface area contributed by atoms with Crippen LogP contribution in [0.1, 0.15) is 55.7 Å². The van der Waals surface area contributed by atoms with Crippen molar-refractivity contribution in [2.24, 2.45) is 5.92 Å². The Morgan fingerprint density at radius 3 is 2.30 bits per heavy atom. The molecular formula is C37H39NO8. The van der Waals surface area contributed by atoms with Crippen LogP contribution in [0.25, 0.3) is 0 Å². The normalized spacial score (nSPS) is 19.2. The fourth-order valence-electron chi connectivity index (χ4n) is 6.25. The summed E-state index contributed by atoms with van der Waals surface area (Å²) in [6.07, 6.45) is 0.330.